The summed E-state index contributed by atoms with van der Waals surface area (Å²) in [5.74, 6) is 0.590. The molecule has 1 N–H and O–H groups in total. The monoisotopic (exact) mass is 376 g/mol. The molecule has 0 aromatic heterocycles. The van der Waals surface area contributed by atoms with Gasteiger partial charge in [-0.25, -0.2) is 0 Å². The molecular weight excluding hydrogens is 348 g/mol. The van der Waals surface area contributed by atoms with Gasteiger partial charge in [0, 0.05) is 25.1 Å². The second-order valence-corrected chi connectivity index (χ2v) is 8.03. The van der Waals surface area contributed by atoms with Crippen molar-refractivity contribution < 1.29 is 9.59 Å². The zero-order valence-electron chi connectivity index (χ0n) is 16.5. The van der Waals surface area contributed by atoms with Crippen LogP contribution in [0.25, 0.3) is 0 Å². The summed E-state index contributed by atoms with van der Waals surface area (Å²) in [6, 6.07) is 16.4. The van der Waals surface area contributed by atoms with Gasteiger partial charge >= 0.3 is 0 Å². The van der Waals surface area contributed by atoms with Crippen LogP contribution in [0.1, 0.15) is 67.7 Å². The zero-order valence-corrected chi connectivity index (χ0v) is 16.5. The molecule has 28 heavy (non-hydrogen) atoms. The van der Waals surface area contributed by atoms with E-state index < -0.39 is 0 Å². The van der Waals surface area contributed by atoms with E-state index in [4.69, 9.17) is 0 Å². The Kier molecular flexibility index (Phi) is 5.47. The summed E-state index contributed by atoms with van der Waals surface area (Å²) in [5, 5.41) is 3.16. The van der Waals surface area contributed by atoms with Crippen molar-refractivity contribution in [1.82, 2.24) is 5.32 Å². The number of rotatable bonds is 5. The molecular formula is C24H28N2O2. The molecule has 2 aromatic carbocycles. The average molecular weight is 377 g/mol. The van der Waals surface area contributed by atoms with Crippen molar-refractivity contribution in [3.05, 3.63) is 65.2 Å². The second kappa shape index (κ2) is 8.17. The average Bonchev–Trinajstić information content (AvgIpc) is 3.14. The number of benzene rings is 2. The largest absolute Gasteiger partial charge is 0.350 e. The molecule has 0 saturated carbocycles. The maximum atomic E-state index is 12.7. The third kappa shape index (κ3) is 3.96. The van der Waals surface area contributed by atoms with Crippen molar-refractivity contribution in [3.63, 3.8) is 0 Å². The van der Waals surface area contributed by atoms with Crippen molar-refractivity contribution in [2.24, 2.45) is 0 Å². The first-order valence-corrected chi connectivity index (χ1v) is 10.4. The van der Waals surface area contributed by atoms with Crippen LogP contribution in [-0.4, -0.2) is 18.4 Å². The minimum atomic E-state index is -0.0796. The van der Waals surface area contributed by atoms with Crippen molar-refractivity contribution in [2.75, 3.05) is 11.4 Å². The van der Waals surface area contributed by atoms with Gasteiger partial charge in [0.15, 0.2) is 0 Å². The number of nitrogens with zero attached hydrogens (tertiary/aromatic N) is 1. The number of aryl methyl sites for hydroxylation is 1. The zero-order chi connectivity index (χ0) is 19.5. The van der Waals surface area contributed by atoms with E-state index in [0.717, 1.165) is 43.5 Å². The van der Waals surface area contributed by atoms with Crippen LogP contribution in [0.5, 0.6) is 0 Å². The molecule has 4 rings (SSSR count). The van der Waals surface area contributed by atoms with Crippen LogP contribution in [0.2, 0.25) is 0 Å². The predicted octanol–water partition coefficient (Wildman–Crippen LogP) is 4.50. The first-order chi connectivity index (χ1) is 13.6. The summed E-state index contributed by atoms with van der Waals surface area (Å²) in [6.45, 7) is 2.79. The number of nitrogens with one attached hydrogen (secondary N) is 1. The number of hydrogen-bond donors (Lipinski definition) is 1. The molecule has 0 spiro atoms. The fourth-order valence-corrected chi connectivity index (χ4v) is 4.56. The molecule has 4 heteroatoms. The molecule has 1 saturated heterocycles. The summed E-state index contributed by atoms with van der Waals surface area (Å²) in [7, 11) is 0. The van der Waals surface area contributed by atoms with Gasteiger partial charge in [-0.2, -0.15) is 0 Å². The molecule has 2 atom stereocenters. The highest BCUT2D eigenvalue weighted by Crippen LogP contribution is 2.34. The van der Waals surface area contributed by atoms with E-state index in [2.05, 4.69) is 29.6 Å². The Morgan fingerprint density at radius 1 is 1.14 bits per heavy atom. The Labute approximate surface area is 166 Å². The topological polar surface area (TPSA) is 49.4 Å². The lowest BCUT2D eigenvalue weighted by atomic mass is 9.81. The lowest BCUT2D eigenvalue weighted by molar-refractivity contribution is -0.122. The standard InChI is InChI=1S/C24H28N2O2/c1-17(19-9-5-11-21(15-19)26-14-6-13-24(26)28)25-23(27)16-20-10-4-8-18-7-2-3-12-22(18)20/h2-3,5,7,9,11-12,15,17,20H,4,6,8,10,13-14,16H2,1H3,(H,25,27). The molecule has 2 aromatic rings. The van der Waals surface area contributed by atoms with Crippen LogP contribution in [0, 0.1) is 0 Å². The van der Waals surface area contributed by atoms with Gasteiger partial charge in [-0.1, -0.05) is 36.4 Å². The van der Waals surface area contributed by atoms with Gasteiger partial charge in [0.25, 0.3) is 0 Å². The highest BCUT2D eigenvalue weighted by Gasteiger charge is 2.24. The van der Waals surface area contributed by atoms with E-state index in [0.29, 0.717) is 18.8 Å². The number of anilines is 1. The van der Waals surface area contributed by atoms with Crippen LogP contribution in [0.4, 0.5) is 5.69 Å². The van der Waals surface area contributed by atoms with E-state index in [1.807, 2.05) is 36.1 Å². The van der Waals surface area contributed by atoms with E-state index in [9.17, 15) is 9.59 Å². The second-order valence-electron chi connectivity index (χ2n) is 8.03. The fourth-order valence-electron chi connectivity index (χ4n) is 4.56. The van der Waals surface area contributed by atoms with Gasteiger partial charge in [-0.3, -0.25) is 9.59 Å². The normalized spacial score (nSPS) is 20.0. The molecule has 1 aliphatic carbocycles. The molecule has 4 nitrogen and oxygen atoms in total. The Balaban J connectivity index is 1.41. The van der Waals surface area contributed by atoms with Crippen LogP contribution in [0.15, 0.2) is 48.5 Å². The summed E-state index contributed by atoms with van der Waals surface area (Å²) in [5.41, 5.74) is 4.70. The summed E-state index contributed by atoms with van der Waals surface area (Å²) >= 11 is 0. The lowest BCUT2D eigenvalue weighted by Crippen LogP contribution is -2.29. The highest BCUT2D eigenvalue weighted by molar-refractivity contribution is 5.95. The van der Waals surface area contributed by atoms with E-state index in [1.54, 1.807) is 0 Å². The van der Waals surface area contributed by atoms with Gasteiger partial charge < -0.3 is 10.2 Å². The Morgan fingerprint density at radius 2 is 2.00 bits per heavy atom. The van der Waals surface area contributed by atoms with Gasteiger partial charge in [-0.05, 0) is 67.3 Å². The molecule has 1 fully saturated rings. The SMILES string of the molecule is CC(NC(=O)CC1CCCc2ccccc21)c1cccc(N2CCCC2=O)c1. The summed E-state index contributed by atoms with van der Waals surface area (Å²) in [4.78, 5) is 26.6. The van der Waals surface area contributed by atoms with Crippen molar-refractivity contribution >= 4 is 17.5 Å². The van der Waals surface area contributed by atoms with E-state index >= 15 is 0 Å². The van der Waals surface area contributed by atoms with Gasteiger partial charge in [0.2, 0.25) is 11.8 Å². The number of fused-ring (bicyclic) bond motifs is 1. The Hall–Kier alpha value is -2.62. The van der Waals surface area contributed by atoms with Crippen molar-refractivity contribution in [1.29, 1.82) is 0 Å². The van der Waals surface area contributed by atoms with Gasteiger partial charge in [0.1, 0.15) is 0 Å². The fraction of sp³-hybridized carbons (Fsp3) is 0.417. The Morgan fingerprint density at radius 3 is 2.82 bits per heavy atom. The Bertz CT molecular complexity index is 876. The predicted molar refractivity (Wildman–Crippen MR) is 111 cm³/mol. The van der Waals surface area contributed by atoms with Crippen LogP contribution in [0.3, 0.4) is 0 Å². The molecule has 1 aliphatic heterocycles. The smallest absolute Gasteiger partial charge is 0.227 e. The molecule has 2 amide bonds. The summed E-state index contributed by atoms with van der Waals surface area (Å²) in [6.07, 6.45) is 5.41. The first kappa shape index (κ1) is 18.7. The number of amides is 2. The molecule has 146 valence electrons. The molecule has 0 radical (unpaired) electrons. The van der Waals surface area contributed by atoms with Crippen molar-refractivity contribution in [2.45, 2.75) is 57.4 Å². The maximum Gasteiger partial charge on any atom is 0.227 e. The quantitative estimate of drug-likeness (QED) is 0.835. The van der Waals surface area contributed by atoms with Crippen LogP contribution >= 0.6 is 0 Å². The minimum Gasteiger partial charge on any atom is -0.350 e. The molecule has 2 aliphatic rings. The van der Waals surface area contributed by atoms with E-state index in [-0.39, 0.29) is 17.9 Å². The number of carbonyl (C=O) groups excluding carboxylic acids is 2. The van der Waals surface area contributed by atoms with E-state index in [1.165, 1.54) is 11.1 Å². The minimum absolute atomic E-state index is 0.0796. The van der Waals surface area contributed by atoms with Crippen molar-refractivity contribution in [3.8, 4) is 0 Å². The van der Waals surface area contributed by atoms with Crippen LogP contribution in [-0.2, 0) is 16.0 Å². The molecule has 1 heterocycles. The van der Waals surface area contributed by atoms with Gasteiger partial charge in [0.05, 0.1) is 6.04 Å². The molecule has 2 unspecified atom stereocenters. The van der Waals surface area contributed by atoms with Crippen LogP contribution < -0.4 is 10.2 Å². The maximum absolute atomic E-state index is 12.7. The highest BCUT2D eigenvalue weighted by atomic mass is 16.2. The summed E-state index contributed by atoms with van der Waals surface area (Å²) < 4.78 is 0. The lowest BCUT2D eigenvalue weighted by Gasteiger charge is -2.26. The van der Waals surface area contributed by atoms with Gasteiger partial charge in [-0.15, -0.1) is 0 Å². The molecule has 0 bridgehead atoms. The number of hydrogen-bond acceptors (Lipinski definition) is 2. The third-order valence-electron chi connectivity index (χ3n) is 6.06. The number of carbonyl (C=O) groups is 2. The first-order valence-electron chi connectivity index (χ1n) is 10.4. The third-order valence-corrected chi connectivity index (χ3v) is 6.06.